The number of nitrogens with zero attached hydrogens (tertiary/aromatic N) is 5. The van der Waals surface area contributed by atoms with Crippen molar-refractivity contribution in [2.75, 3.05) is 0 Å². The van der Waals surface area contributed by atoms with Crippen molar-refractivity contribution in [3.8, 4) is 11.4 Å². The molecule has 0 radical (unpaired) electrons. The van der Waals surface area contributed by atoms with E-state index in [0.29, 0.717) is 17.2 Å². The second kappa shape index (κ2) is 5.20. The molecule has 4 heterocycles. The predicted octanol–water partition coefficient (Wildman–Crippen LogP) is 1.83. The Balaban J connectivity index is 1.69. The number of fused-ring (bicyclic) bond motifs is 1. The quantitative estimate of drug-likeness (QED) is 0.577. The molecule has 0 aliphatic rings. The Morgan fingerprint density at radius 3 is 2.74 bits per heavy atom. The molecule has 0 aliphatic carbocycles. The third kappa shape index (κ3) is 2.32. The summed E-state index contributed by atoms with van der Waals surface area (Å²) < 4.78 is 8.63. The minimum Gasteiger partial charge on any atom is -0.346 e. The monoisotopic (exact) mass is 307 g/mol. The van der Waals surface area contributed by atoms with Crippen molar-refractivity contribution in [3.05, 3.63) is 65.3 Å². The van der Waals surface area contributed by atoms with Crippen molar-refractivity contribution in [3.63, 3.8) is 0 Å². The van der Waals surface area contributed by atoms with Gasteiger partial charge in [0.25, 0.3) is 5.56 Å². The van der Waals surface area contributed by atoms with Crippen molar-refractivity contribution < 1.29 is 4.52 Å². The molecule has 7 heteroatoms. The van der Waals surface area contributed by atoms with E-state index in [9.17, 15) is 4.79 Å². The molecule has 114 valence electrons. The maximum absolute atomic E-state index is 12.5. The van der Waals surface area contributed by atoms with Gasteiger partial charge >= 0.3 is 0 Å². The zero-order valence-corrected chi connectivity index (χ0v) is 12.4. The minimum atomic E-state index is -0.0846. The zero-order valence-electron chi connectivity index (χ0n) is 12.4. The first-order valence-electron chi connectivity index (χ1n) is 7.10. The normalized spacial score (nSPS) is 11.2. The van der Waals surface area contributed by atoms with Gasteiger partial charge < -0.3 is 13.7 Å². The summed E-state index contributed by atoms with van der Waals surface area (Å²) >= 11 is 0. The molecule has 4 aromatic heterocycles. The molecule has 23 heavy (non-hydrogen) atoms. The van der Waals surface area contributed by atoms with Crippen LogP contribution in [0.3, 0.4) is 0 Å². The van der Waals surface area contributed by atoms with E-state index in [0.717, 1.165) is 10.9 Å². The number of rotatable bonds is 3. The molecule has 0 spiro atoms. The maximum Gasteiger partial charge on any atom is 0.275 e. The summed E-state index contributed by atoms with van der Waals surface area (Å²) in [6, 6.07) is 7.42. The average Bonchev–Trinajstić information content (AvgIpc) is 3.18. The first kappa shape index (κ1) is 13.4. The van der Waals surface area contributed by atoms with Gasteiger partial charge in [0.2, 0.25) is 11.7 Å². The number of pyridine rings is 2. The lowest BCUT2D eigenvalue weighted by Gasteiger charge is -2.03. The molecule has 0 atom stereocenters. The van der Waals surface area contributed by atoms with Crippen molar-refractivity contribution in [2.24, 2.45) is 7.05 Å². The molecular formula is C16H13N5O2. The summed E-state index contributed by atoms with van der Waals surface area (Å²) in [5.74, 6) is 0.864. The van der Waals surface area contributed by atoms with E-state index >= 15 is 0 Å². The Morgan fingerprint density at radius 1 is 1.13 bits per heavy atom. The van der Waals surface area contributed by atoms with Crippen LogP contribution < -0.4 is 5.56 Å². The van der Waals surface area contributed by atoms with Gasteiger partial charge in [0.1, 0.15) is 12.1 Å². The summed E-state index contributed by atoms with van der Waals surface area (Å²) in [5, 5.41) is 4.86. The van der Waals surface area contributed by atoms with Crippen LogP contribution in [0.2, 0.25) is 0 Å². The fourth-order valence-electron chi connectivity index (χ4n) is 2.54. The van der Waals surface area contributed by atoms with Crippen LogP contribution in [0.25, 0.3) is 22.3 Å². The van der Waals surface area contributed by atoms with Crippen LogP contribution in [0.1, 0.15) is 5.89 Å². The average molecular weight is 307 g/mol. The predicted molar refractivity (Wildman–Crippen MR) is 83.8 cm³/mol. The second-order valence-corrected chi connectivity index (χ2v) is 5.23. The van der Waals surface area contributed by atoms with E-state index in [2.05, 4.69) is 15.1 Å². The van der Waals surface area contributed by atoms with Crippen LogP contribution >= 0.6 is 0 Å². The van der Waals surface area contributed by atoms with Crippen molar-refractivity contribution >= 4 is 10.9 Å². The Bertz CT molecular complexity index is 1030. The third-order valence-electron chi connectivity index (χ3n) is 3.71. The topological polar surface area (TPSA) is 78.7 Å². The third-order valence-corrected chi connectivity index (χ3v) is 3.71. The van der Waals surface area contributed by atoms with E-state index < -0.39 is 0 Å². The number of aromatic nitrogens is 5. The van der Waals surface area contributed by atoms with Crippen molar-refractivity contribution in [1.29, 1.82) is 0 Å². The van der Waals surface area contributed by atoms with Crippen LogP contribution in [-0.4, -0.2) is 24.3 Å². The number of hydrogen-bond donors (Lipinski definition) is 0. The van der Waals surface area contributed by atoms with Crippen LogP contribution in [0.4, 0.5) is 0 Å². The standard InChI is InChI=1S/C16H13N5O2/c1-20-8-4-11-5-9-21(16(22)14(11)20)10-13-18-15(19-23-13)12-2-6-17-7-3-12/h2-9H,10H2,1H3. The molecule has 0 fully saturated rings. The van der Waals surface area contributed by atoms with Crippen molar-refractivity contribution in [1.82, 2.24) is 24.3 Å². The molecule has 0 amide bonds. The lowest BCUT2D eigenvalue weighted by atomic mass is 10.2. The van der Waals surface area contributed by atoms with Gasteiger partial charge in [-0.2, -0.15) is 4.98 Å². The van der Waals surface area contributed by atoms with E-state index in [4.69, 9.17) is 4.52 Å². The first-order chi connectivity index (χ1) is 11.2. The molecular weight excluding hydrogens is 294 g/mol. The second-order valence-electron chi connectivity index (χ2n) is 5.23. The summed E-state index contributed by atoms with van der Waals surface area (Å²) in [6.45, 7) is 0.234. The molecule has 0 aliphatic heterocycles. The molecule has 0 saturated heterocycles. The van der Waals surface area contributed by atoms with Crippen LogP contribution in [0.5, 0.6) is 0 Å². The van der Waals surface area contributed by atoms with Gasteiger partial charge in [-0.05, 0) is 24.3 Å². The fraction of sp³-hybridized carbons (Fsp3) is 0.125. The highest BCUT2D eigenvalue weighted by atomic mass is 16.5. The van der Waals surface area contributed by atoms with E-state index in [1.165, 1.54) is 0 Å². The SMILES string of the molecule is Cn1ccc2ccn(Cc3nc(-c4ccncc4)no3)c(=O)c21. The molecule has 0 bridgehead atoms. The van der Waals surface area contributed by atoms with Crippen molar-refractivity contribution in [2.45, 2.75) is 6.54 Å². The number of aryl methyl sites for hydroxylation is 1. The summed E-state index contributed by atoms with van der Waals surface area (Å²) in [5.41, 5.74) is 1.39. The van der Waals surface area contributed by atoms with Gasteiger partial charge in [-0.25, -0.2) is 0 Å². The molecule has 0 saturated carbocycles. The molecule has 4 aromatic rings. The first-order valence-corrected chi connectivity index (χ1v) is 7.10. The zero-order chi connectivity index (χ0) is 15.8. The molecule has 0 unspecified atom stereocenters. The minimum absolute atomic E-state index is 0.0846. The lowest BCUT2D eigenvalue weighted by Crippen LogP contribution is -2.21. The van der Waals surface area contributed by atoms with E-state index in [1.807, 2.05) is 29.9 Å². The van der Waals surface area contributed by atoms with Crippen LogP contribution in [-0.2, 0) is 13.6 Å². The highest BCUT2D eigenvalue weighted by Gasteiger charge is 2.11. The summed E-state index contributed by atoms with van der Waals surface area (Å²) in [4.78, 5) is 20.8. The smallest absolute Gasteiger partial charge is 0.275 e. The van der Waals surface area contributed by atoms with Gasteiger partial charge in [-0.15, -0.1) is 0 Å². The van der Waals surface area contributed by atoms with E-state index in [1.54, 1.807) is 35.3 Å². The Kier molecular flexibility index (Phi) is 3.04. The fourth-order valence-corrected chi connectivity index (χ4v) is 2.54. The largest absolute Gasteiger partial charge is 0.346 e. The van der Waals surface area contributed by atoms with E-state index in [-0.39, 0.29) is 12.1 Å². The van der Waals surface area contributed by atoms with Crippen LogP contribution in [0, 0.1) is 0 Å². The highest BCUT2D eigenvalue weighted by Crippen LogP contribution is 2.15. The van der Waals surface area contributed by atoms with Gasteiger partial charge in [0.05, 0.1) is 0 Å². The molecule has 7 nitrogen and oxygen atoms in total. The Morgan fingerprint density at radius 2 is 1.91 bits per heavy atom. The number of hydrogen-bond acceptors (Lipinski definition) is 5. The Labute approximate surface area is 130 Å². The Hall–Kier alpha value is -3.22. The maximum atomic E-state index is 12.5. The van der Waals surface area contributed by atoms with Gasteiger partial charge in [0.15, 0.2) is 0 Å². The lowest BCUT2D eigenvalue weighted by molar-refractivity contribution is 0.370. The summed E-state index contributed by atoms with van der Waals surface area (Å²) in [6.07, 6.45) is 6.93. The van der Waals surface area contributed by atoms with Gasteiger partial charge in [0, 0.05) is 42.8 Å². The van der Waals surface area contributed by atoms with Crippen LogP contribution in [0.15, 0.2) is 58.4 Å². The summed E-state index contributed by atoms with van der Waals surface area (Å²) in [7, 11) is 1.85. The molecule has 0 aromatic carbocycles. The highest BCUT2D eigenvalue weighted by molar-refractivity contribution is 5.78. The molecule has 0 N–H and O–H groups in total. The molecule has 4 rings (SSSR count). The van der Waals surface area contributed by atoms with Gasteiger partial charge in [-0.3, -0.25) is 9.78 Å². The van der Waals surface area contributed by atoms with Gasteiger partial charge in [-0.1, -0.05) is 5.16 Å².